The van der Waals surface area contributed by atoms with Crippen LogP contribution < -0.4 is 11.1 Å². The summed E-state index contributed by atoms with van der Waals surface area (Å²) in [5.41, 5.74) is 8.14. The lowest BCUT2D eigenvalue weighted by Crippen LogP contribution is -2.31. The number of hydrogen-bond donors (Lipinski definition) is 2. The molecule has 0 saturated heterocycles. The van der Waals surface area contributed by atoms with E-state index in [-0.39, 0.29) is 17.9 Å². The predicted molar refractivity (Wildman–Crippen MR) is 84.4 cm³/mol. The van der Waals surface area contributed by atoms with Crippen molar-refractivity contribution in [1.82, 2.24) is 5.32 Å². The molecular formula is C17H28N2O. The molecule has 1 amide bonds. The molecule has 0 aromatic heterocycles. The van der Waals surface area contributed by atoms with Crippen molar-refractivity contribution < 1.29 is 4.79 Å². The molecule has 1 aromatic carbocycles. The number of amides is 1. The Morgan fingerprint density at radius 3 is 2.45 bits per heavy atom. The van der Waals surface area contributed by atoms with Crippen LogP contribution >= 0.6 is 0 Å². The fraction of sp³-hybridized carbons (Fsp3) is 0.588. The Labute approximate surface area is 122 Å². The number of nitrogens with two attached hydrogens (primary N) is 1. The molecule has 0 aliphatic heterocycles. The third-order valence-corrected chi connectivity index (χ3v) is 3.64. The van der Waals surface area contributed by atoms with Gasteiger partial charge >= 0.3 is 0 Å². The van der Waals surface area contributed by atoms with E-state index < -0.39 is 0 Å². The van der Waals surface area contributed by atoms with Gasteiger partial charge < -0.3 is 11.1 Å². The second kappa shape index (κ2) is 8.05. The number of carbonyl (C=O) groups excluding carboxylic acids is 1. The van der Waals surface area contributed by atoms with Crippen LogP contribution in [0.5, 0.6) is 0 Å². The molecule has 112 valence electrons. The fourth-order valence-corrected chi connectivity index (χ4v) is 2.64. The topological polar surface area (TPSA) is 55.1 Å². The molecule has 3 N–H and O–H groups in total. The van der Waals surface area contributed by atoms with Gasteiger partial charge in [0.15, 0.2) is 0 Å². The van der Waals surface area contributed by atoms with Crippen LogP contribution in [0.4, 0.5) is 0 Å². The second-order valence-corrected chi connectivity index (χ2v) is 6.08. The number of nitrogens with one attached hydrogen (secondary N) is 1. The van der Waals surface area contributed by atoms with Gasteiger partial charge in [-0.1, -0.05) is 38.1 Å². The second-order valence-electron chi connectivity index (χ2n) is 6.08. The van der Waals surface area contributed by atoms with Crippen molar-refractivity contribution in [1.29, 1.82) is 0 Å². The zero-order valence-electron chi connectivity index (χ0n) is 13.1. The first-order valence-electron chi connectivity index (χ1n) is 7.49. The van der Waals surface area contributed by atoms with Gasteiger partial charge in [0.05, 0.1) is 6.04 Å². The highest BCUT2D eigenvalue weighted by molar-refractivity contribution is 5.76. The molecule has 2 atom stereocenters. The SMILES string of the molecule is Cc1ccccc1[C@H](C)NC(=O)CC(CN)CC(C)C. The number of carbonyl (C=O) groups is 1. The van der Waals surface area contributed by atoms with Crippen LogP contribution in [-0.2, 0) is 4.79 Å². The van der Waals surface area contributed by atoms with Crippen molar-refractivity contribution in [2.45, 2.75) is 46.6 Å². The van der Waals surface area contributed by atoms with Crippen LogP contribution in [0.3, 0.4) is 0 Å². The van der Waals surface area contributed by atoms with Crippen molar-refractivity contribution in [2.24, 2.45) is 17.6 Å². The molecule has 0 fully saturated rings. The van der Waals surface area contributed by atoms with E-state index >= 15 is 0 Å². The molecule has 0 aliphatic rings. The zero-order chi connectivity index (χ0) is 15.1. The molecule has 1 aromatic rings. The number of benzene rings is 1. The first-order valence-corrected chi connectivity index (χ1v) is 7.49. The molecule has 20 heavy (non-hydrogen) atoms. The van der Waals surface area contributed by atoms with Gasteiger partial charge in [-0.2, -0.15) is 0 Å². The van der Waals surface area contributed by atoms with Crippen molar-refractivity contribution in [2.75, 3.05) is 6.54 Å². The van der Waals surface area contributed by atoms with E-state index in [0.717, 1.165) is 6.42 Å². The molecule has 1 rings (SSSR count). The molecule has 0 heterocycles. The van der Waals surface area contributed by atoms with Crippen LogP contribution in [-0.4, -0.2) is 12.5 Å². The van der Waals surface area contributed by atoms with Crippen LogP contribution in [0.15, 0.2) is 24.3 Å². The number of hydrogen-bond acceptors (Lipinski definition) is 2. The van der Waals surface area contributed by atoms with Crippen LogP contribution in [0.25, 0.3) is 0 Å². The summed E-state index contributed by atoms with van der Waals surface area (Å²) < 4.78 is 0. The third kappa shape index (κ3) is 5.33. The van der Waals surface area contributed by atoms with Crippen LogP contribution in [0, 0.1) is 18.8 Å². The summed E-state index contributed by atoms with van der Waals surface area (Å²) in [5.74, 6) is 0.945. The Kier molecular flexibility index (Phi) is 6.73. The summed E-state index contributed by atoms with van der Waals surface area (Å²) in [4.78, 5) is 12.1. The molecule has 0 radical (unpaired) electrons. The first kappa shape index (κ1) is 16.7. The average Bonchev–Trinajstić information content (AvgIpc) is 2.37. The number of rotatable bonds is 7. The van der Waals surface area contributed by atoms with Gasteiger partial charge in [-0.3, -0.25) is 4.79 Å². The molecule has 1 unspecified atom stereocenters. The maximum atomic E-state index is 12.1. The summed E-state index contributed by atoms with van der Waals surface area (Å²) >= 11 is 0. The Balaban J connectivity index is 2.55. The average molecular weight is 276 g/mol. The van der Waals surface area contributed by atoms with Gasteiger partial charge in [0.1, 0.15) is 0 Å². The van der Waals surface area contributed by atoms with Crippen molar-refractivity contribution >= 4 is 5.91 Å². The fourth-order valence-electron chi connectivity index (χ4n) is 2.64. The maximum Gasteiger partial charge on any atom is 0.220 e. The molecular weight excluding hydrogens is 248 g/mol. The lowest BCUT2D eigenvalue weighted by atomic mass is 9.93. The molecule has 3 heteroatoms. The molecule has 3 nitrogen and oxygen atoms in total. The summed E-state index contributed by atoms with van der Waals surface area (Å²) in [6, 6.07) is 8.20. The minimum absolute atomic E-state index is 0.0428. The van der Waals surface area contributed by atoms with E-state index in [1.807, 2.05) is 19.1 Å². The highest BCUT2D eigenvalue weighted by Gasteiger charge is 2.16. The Hall–Kier alpha value is -1.35. The summed E-state index contributed by atoms with van der Waals surface area (Å²) in [7, 11) is 0. The molecule has 0 spiro atoms. The Morgan fingerprint density at radius 2 is 1.90 bits per heavy atom. The van der Waals surface area contributed by atoms with Gasteiger partial charge in [-0.25, -0.2) is 0 Å². The highest BCUT2D eigenvalue weighted by Crippen LogP contribution is 2.18. The lowest BCUT2D eigenvalue weighted by Gasteiger charge is -2.20. The molecule has 0 bridgehead atoms. The van der Waals surface area contributed by atoms with Gasteiger partial charge in [-0.15, -0.1) is 0 Å². The summed E-state index contributed by atoms with van der Waals surface area (Å²) in [6.07, 6.45) is 1.52. The maximum absolute atomic E-state index is 12.1. The van der Waals surface area contributed by atoms with E-state index in [2.05, 4.69) is 38.2 Å². The predicted octanol–water partition coefficient (Wildman–Crippen LogP) is 3.18. The van der Waals surface area contributed by atoms with E-state index in [1.54, 1.807) is 0 Å². The van der Waals surface area contributed by atoms with Crippen LogP contribution in [0.1, 0.15) is 50.8 Å². The van der Waals surface area contributed by atoms with Gasteiger partial charge in [0, 0.05) is 6.42 Å². The van der Waals surface area contributed by atoms with Crippen LogP contribution in [0.2, 0.25) is 0 Å². The summed E-state index contributed by atoms with van der Waals surface area (Å²) in [5, 5.41) is 3.08. The third-order valence-electron chi connectivity index (χ3n) is 3.64. The molecule has 0 aliphatic carbocycles. The van der Waals surface area contributed by atoms with E-state index in [4.69, 9.17) is 5.73 Å². The van der Waals surface area contributed by atoms with E-state index in [0.29, 0.717) is 18.9 Å². The monoisotopic (exact) mass is 276 g/mol. The lowest BCUT2D eigenvalue weighted by molar-refractivity contribution is -0.122. The largest absolute Gasteiger partial charge is 0.350 e. The van der Waals surface area contributed by atoms with Crippen molar-refractivity contribution in [3.8, 4) is 0 Å². The van der Waals surface area contributed by atoms with Crippen molar-refractivity contribution in [3.63, 3.8) is 0 Å². The Morgan fingerprint density at radius 1 is 1.25 bits per heavy atom. The standard InChI is InChI=1S/C17H28N2O/c1-12(2)9-15(11-18)10-17(20)19-14(4)16-8-6-5-7-13(16)3/h5-8,12,14-15H,9-11,18H2,1-4H3,(H,19,20)/t14-,15?/m0/s1. The smallest absolute Gasteiger partial charge is 0.220 e. The van der Waals surface area contributed by atoms with Crippen molar-refractivity contribution in [3.05, 3.63) is 35.4 Å². The van der Waals surface area contributed by atoms with Gasteiger partial charge in [0.2, 0.25) is 5.91 Å². The van der Waals surface area contributed by atoms with Gasteiger partial charge in [-0.05, 0) is 49.8 Å². The number of aryl methyl sites for hydroxylation is 1. The Bertz CT molecular complexity index is 429. The normalized spacial score (nSPS) is 14.1. The van der Waals surface area contributed by atoms with E-state index in [9.17, 15) is 4.79 Å². The van der Waals surface area contributed by atoms with E-state index in [1.165, 1.54) is 11.1 Å². The summed E-state index contributed by atoms with van der Waals surface area (Å²) in [6.45, 7) is 9.00. The minimum Gasteiger partial charge on any atom is -0.350 e. The quantitative estimate of drug-likeness (QED) is 0.803. The first-order chi connectivity index (χ1) is 9.43. The highest BCUT2D eigenvalue weighted by atomic mass is 16.1. The zero-order valence-corrected chi connectivity index (χ0v) is 13.1. The molecule has 0 saturated carbocycles. The van der Waals surface area contributed by atoms with Gasteiger partial charge in [0.25, 0.3) is 0 Å². The minimum atomic E-state index is 0.0428.